The van der Waals surface area contributed by atoms with E-state index in [9.17, 15) is 0 Å². The molecule has 3 aromatic carbocycles. The molecule has 0 atom stereocenters. The van der Waals surface area contributed by atoms with E-state index in [1.54, 1.807) is 0 Å². The van der Waals surface area contributed by atoms with Crippen molar-refractivity contribution < 1.29 is 4.57 Å². The Morgan fingerprint density at radius 2 is 1.40 bits per heavy atom. The molecule has 0 unspecified atom stereocenters. The molecule has 0 saturated heterocycles. The van der Waals surface area contributed by atoms with E-state index in [1.165, 1.54) is 53.7 Å². The van der Waals surface area contributed by atoms with Crippen LogP contribution in [0.1, 0.15) is 5.56 Å². The predicted octanol–water partition coefficient (Wildman–Crippen LogP) is 6.80. The molecule has 6 rings (SSSR count). The summed E-state index contributed by atoms with van der Waals surface area (Å²) in [7, 11) is 2.11. The van der Waals surface area contributed by atoms with Crippen LogP contribution in [0.3, 0.4) is 0 Å². The van der Waals surface area contributed by atoms with Crippen LogP contribution < -0.4 is 4.57 Å². The van der Waals surface area contributed by atoms with Crippen LogP contribution in [0.5, 0.6) is 0 Å². The minimum absolute atomic E-state index is 1.21. The second-order valence-corrected chi connectivity index (χ2v) is 8.86. The summed E-state index contributed by atoms with van der Waals surface area (Å²) >= 11 is 1.87. The van der Waals surface area contributed by atoms with Gasteiger partial charge in [0, 0.05) is 33.3 Å². The second kappa shape index (κ2) is 6.54. The fourth-order valence-electron chi connectivity index (χ4n) is 4.55. The first kappa shape index (κ1) is 17.4. The third kappa shape index (κ3) is 2.45. The van der Waals surface area contributed by atoms with Gasteiger partial charge in [0.05, 0.1) is 11.0 Å². The highest BCUT2D eigenvalue weighted by Gasteiger charge is 2.18. The lowest BCUT2D eigenvalue weighted by molar-refractivity contribution is -0.660. The van der Waals surface area contributed by atoms with Crippen molar-refractivity contribution in [2.45, 2.75) is 6.92 Å². The van der Waals surface area contributed by atoms with Gasteiger partial charge in [0.25, 0.3) is 0 Å². The van der Waals surface area contributed by atoms with E-state index in [2.05, 4.69) is 114 Å². The van der Waals surface area contributed by atoms with Gasteiger partial charge in [-0.1, -0.05) is 36.4 Å². The van der Waals surface area contributed by atoms with Gasteiger partial charge in [0.15, 0.2) is 6.20 Å². The Hall–Kier alpha value is -3.43. The molecule has 30 heavy (non-hydrogen) atoms. The molecule has 0 amide bonds. The zero-order valence-electron chi connectivity index (χ0n) is 17.0. The van der Waals surface area contributed by atoms with E-state index >= 15 is 0 Å². The number of aryl methyl sites for hydroxylation is 2. The molecule has 3 heterocycles. The first-order valence-corrected chi connectivity index (χ1v) is 11.0. The Morgan fingerprint density at radius 3 is 2.10 bits per heavy atom. The van der Waals surface area contributed by atoms with Crippen molar-refractivity contribution in [2.24, 2.45) is 7.05 Å². The molecule has 0 aliphatic rings. The number of para-hydroxylation sites is 2. The van der Waals surface area contributed by atoms with Crippen LogP contribution in [-0.4, -0.2) is 4.57 Å². The molecule has 6 aromatic rings. The zero-order chi connectivity index (χ0) is 20.2. The Balaban J connectivity index is 1.63. The van der Waals surface area contributed by atoms with E-state index in [1.807, 2.05) is 11.3 Å². The van der Waals surface area contributed by atoms with Crippen LogP contribution in [0.4, 0.5) is 0 Å². The molecule has 0 bridgehead atoms. The van der Waals surface area contributed by atoms with E-state index in [0.717, 1.165) is 0 Å². The molecule has 0 fully saturated rings. The summed E-state index contributed by atoms with van der Waals surface area (Å²) in [6, 6.07) is 30.6. The van der Waals surface area contributed by atoms with Gasteiger partial charge in [-0.2, -0.15) is 0 Å². The molecule has 0 aliphatic carbocycles. The van der Waals surface area contributed by atoms with Gasteiger partial charge in [0.1, 0.15) is 11.9 Å². The largest absolute Gasteiger partial charge is 0.309 e. The molecular weight excluding hydrogens is 384 g/mol. The normalized spacial score (nSPS) is 11.7. The van der Waals surface area contributed by atoms with Crippen LogP contribution in [0, 0.1) is 6.92 Å². The molecular formula is C27H21N2S+. The molecule has 144 valence electrons. The van der Waals surface area contributed by atoms with Crippen molar-refractivity contribution in [1.82, 2.24) is 4.57 Å². The topological polar surface area (TPSA) is 8.81 Å². The summed E-state index contributed by atoms with van der Waals surface area (Å²) in [5.41, 5.74) is 6.32. The first-order valence-electron chi connectivity index (χ1n) is 10.2. The van der Waals surface area contributed by atoms with Gasteiger partial charge in [-0.3, -0.25) is 0 Å². The first-order chi connectivity index (χ1) is 14.7. The van der Waals surface area contributed by atoms with Crippen LogP contribution in [0.2, 0.25) is 0 Å². The molecule has 3 aromatic heterocycles. The predicted molar refractivity (Wildman–Crippen MR) is 128 cm³/mol. The fourth-order valence-corrected chi connectivity index (χ4v) is 5.81. The number of aromatic nitrogens is 2. The van der Waals surface area contributed by atoms with Gasteiger partial charge in [-0.05, 0) is 54.3 Å². The van der Waals surface area contributed by atoms with Crippen molar-refractivity contribution in [3.8, 4) is 16.3 Å². The van der Waals surface area contributed by atoms with Crippen LogP contribution in [-0.2, 0) is 7.05 Å². The number of hydrogen-bond donors (Lipinski definition) is 0. The maximum Gasteiger partial charge on any atom is 0.222 e. The van der Waals surface area contributed by atoms with Crippen LogP contribution in [0.25, 0.3) is 48.2 Å². The maximum absolute atomic E-state index is 2.39. The summed E-state index contributed by atoms with van der Waals surface area (Å²) in [5, 5.41) is 3.93. The lowest BCUT2D eigenvalue weighted by atomic mass is 10.1. The van der Waals surface area contributed by atoms with Gasteiger partial charge in [0.2, 0.25) is 5.69 Å². The maximum atomic E-state index is 2.39. The third-order valence-corrected chi connectivity index (χ3v) is 7.34. The molecule has 3 heteroatoms. The van der Waals surface area contributed by atoms with Crippen molar-refractivity contribution in [3.63, 3.8) is 0 Å². The average molecular weight is 406 g/mol. The molecule has 0 saturated carbocycles. The summed E-state index contributed by atoms with van der Waals surface area (Å²) in [5.74, 6) is 0. The highest BCUT2D eigenvalue weighted by Crippen LogP contribution is 2.39. The Labute approximate surface area is 179 Å². The van der Waals surface area contributed by atoms with E-state index in [-0.39, 0.29) is 0 Å². The highest BCUT2D eigenvalue weighted by atomic mass is 32.1. The van der Waals surface area contributed by atoms with Crippen LogP contribution >= 0.6 is 11.3 Å². The summed E-state index contributed by atoms with van der Waals surface area (Å²) in [6.07, 6.45) is 2.11. The molecule has 0 N–H and O–H groups in total. The fraction of sp³-hybridized carbons (Fsp3) is 0.0741. The number of pyridine rings is 1. The number of rotatable bonds is 2. The van der Waals surface area contributed by atoms with Gasteiger partial charge in [-0.25, -0.2) is 4.57 Å². The number of thiophene rings is 1. The van der Waals surface area contributed by atoms with E-state index in [0.29, 0.717) is 0 Å². The smallest absolute Gasteiger partial charge is 0.222 e. The minimum Gasteiger partial charge on any atom is -0.309 e. The lowest BCUT2D eigenvalue weighted by Gasteiger charge is -2.08. The average Bonchev–Trinajstić information content (AvgIpc) is 3.29. The van der Waals surface area contributed by atoms with Crippen LogP contribution in [0.15, 0.2) is 91.1 Å². The number of benzene rings is 3. The summed E-state index contributed by atoms with van der Waals surface area (Å²) < 4.78 is 5.92. The Morgan fingerprint density at radius 1 is 0.733 bits per heavy atom. The van der Waals surface area contributed by atoms with E-state index in [4.69, 9.17) is 0 Å². The van der Waals surface area contributed by atoms with Crippen molar-refractivity contribution in [2.75, 3.05) is 0 Å². The Bertz CT molecular complexity index is 1520. The van der Waals surface area contributed by atoms with Crippen molar-refractivity contribution >= 4 is 43.2 Å². The minimum atomic E-state index is 1.21. The van der Waals surface area contributed by atoms with E-state index < -0.39 is 0 Å². The highest BCUT2D eigenvalue weighted by molar-refractivity contribution is 7.22. The van der Waals surface area contributed by atoms with Gasteiger partial charge < -0.3 is 4.57 Å². The summed E-state index contributed by atoms with van der Waals surface area (Å²) in [6.45, 7) is 2.25. The lowest BCUT2D eigenvalue weighted by Crippen LogP contribution is -2.29. The van der Waals surface area contributed by atoms with Crippen molar-refractivity contribution in [3.05, 3.63) is 96.7 Å². The standard InChI is InChI=1S/C27H21N2S/c1-18-22-17-19(14-15-26(22)30-27(18)25-13-7-8-16-28(25)2)29-23-11-5-3-9-20(23)21-10-4-6-12-24(21)29/h3-17H,1-2H3/q+1. The van der Waals surface area contributed by atoms with Gasteiger partial charge in [-0.15, -0.1) is 11.3 Å². The molecule has 0 aliphatic heterocycles. The third-order valence-electron chi connectivity index (χ3n) is 6.05. The summed E-state index contributed by atoms with van der Waals surface area (Å²) in [4.78, 5) is 1.34. The molecule has 0 radical (unpaired) electrons. The monoisotopic (exact) mass is 405 g/mol. The molecule has 2 nitrogen and oxygen atoms in total. The SMILES string of the molecule is Cc1c(-c2cccc[n+]2C)sc2ccc(-n3c4ccccc4c4ccccc43)cc12. The zero-order valence-corrected chi connectivity index (χ0v) is 17.8. The number of hydrogen-bond acceptors (Lipinski definition) is 1. The number of fused-ring (bicyclic) bond motifs is 4. The number of nitrogens with zero attached hydrogens (tertiary/aromatic N) is 2. The van der Waals surface area contributed by atoms with Gasteiger partial charge >= 0.3 is 0 Å². The van der Waals surface area contributed by atoms with Crippen molar-refractivity contribution in [1.29, 1.82) is 0 Å². The second-order valence-electron chi connectivity index (χ2n) is 7.80. The quantitative estimate of drug-likeness (QED) is 0.280. The molecule has 0 spiro atoms. The Kier molecular flexibility index (Phi) is 3.80.